The van der Waals surface area contributed by atoms with Crippen LogP contribution in [0, 0.1) is 0 Å². The minimum Gasteiger partial charge on any atom is -0.394 e. The third-order valence-electron chi connectivity index (χ3n) is 7.75. The van der Waals surface area contributed by atoms with E-state index in [-0.39, 0.29) is 6.61 Å². The van der Waals surface area contributed by atoms with E-state index in [4.69, 9.17) is 33.2 Å². The second-order valence-electron chi connectivity index (χ2n) is 10.7. The SMILES string of the molecule is C[C@@H]1O[C@@H](O[C@H]2C(O)O[C@H](CO)[C@@H](O)[C@@H]2O[C@@H]2O[C@H](CO[C@@H]3OC[C@@H](O)[C@H](O)[C@H]3O)[C@@H](O)[C@H](O)[C@H]2O)[C@H](O)[C@H](O)[C@H]1O. The van der Waals surface area contributed by atoms with Gasteiger partial charge in [-0.3, -0.25) is 0 Å². The first-order chi connectivity index (χ1) is 19.8. The number of ether oxygens (including phenoxy) is 7. The molecule has 4 aliphatic rings. The van der Waals surface area contributed by atoms with Crippen LogP contribution in [0.1, 0.15) is 6.92 Å². The summed E-state index contributed by atoms with van der Waals surface area (Å²) >= 11 is 0. The van der Waals surface area contributed by atoms with Gasteiger partial charge in [-0.25, -0.2) is 0 Å². The van der Waals surface area contributed by atoms with Crippen molar-refractivity contribution in [2.45, 2.75) is 124 Å². The quantitative estimate of drug-likeness (QED) is 0.120. The van der Waals surface area contributed by atoms with Gasteiger partial charge in [0.05, 0.1) is 25.9 Å². The van der Waals surface area contributed by atoms with Gasteiger partial charge in [-0.1, -0.05) is 0 Å². The van der Waals surface area contributed by atoms with E-state index in [1.54, 1.807) is 0 Å². The lowest BCUT2D eigenvalue weighted by molar-refractivity contribution is -0.388. The van der Waals surface area contributed by atoms with Crippen molar-refractivity contribution in [2.75, 3.05) is 19.8 Å². The fourth-order valence-electron chi connectivity index (χ4n) is 5.08. The molecule has 0 bridgehead atoms. The molecule has 0 amide bonds. The summed E-state index contributed by atoms with van der Waals surface area (Å²) in [4.78, 5) is 0. The van der Waals surface area contributed by atoms with Gasteiger partial charge in [0.1, 0.15) is 85.5 Å². The predicted molar refractivity (Wildman–Crippen MR) is 126 cm³/mol. The number of aliphatic hydroxyl groups is 12. The van der Waals surface area contributed by atoms with Crippen LogP contribution in [0.5, 0.6) is 0 Å². The first-order valence-corrected chi connectivity index (χ1v) is 13.4. The Morgan fingerprint density at radius 2 is 1.14 bits per heavy atom. The molecule has 0 aliphatic carbocycles. The molecule has 1 unspecified atom stereocenters. The molecule has 4 fully saturated rings. The summed E-state index contributed by atoms with van der Waals surface area (Å²) in [6, 6.07) is 0. The van der Waals surface area contributed by atoms with Gasteiger partial charge in [-0.2, -0.15) is 0 Å². The van der Waals surface area contributed by atoms with Crippen LogP contribution in [0.2, 0.25) is 0 Å². The topological polar surface area (TPSA) is 307 Å². The number of aliphatic hydroxyl groups excluding tert-OH is 12. The van der Waals surface area contributed by atoms with Gasteiger partial charge in [0.15, 0.2) is 25.2 Å². The second-order valence-corrected chi connectivity index (χ2v) is 10.7. The van der Waals surface area contributed by atoms with Gasteiger partial charge in [0.25, 0.3) is 0 Å². The van der Waals surface area contributed by atoms with Crippen molar-refractivity contribution in [2.24, 2.45) is 0 Å². The Hall–Kier alpha value is -0.760. The lowest BCUT2D eigenvalue weighted by atomic mass is 9.96. The normalized spacial score (nSPS) is 54.1. The van der Waals surface area contributed by atoms with E-state index in [0.717, 1.165) is 0 Å². The highest BCUT2D eigenvalue weighted by molar-refractivity contribution is 4.96. The highest BCUT2D eigenvalue weighted by atomic mass is 16.8. The molecular weight excluding hydrogens is 580 g/mol. The number of rotatable bonds is 8. The zero-order valence-corrected chi connectivity index (χ0v) is 22.3. The van der Waals surface area contributed by atoms with E-state index in [1.165, 1.54) is 6.92 Å². The Bertz CT molecular complexity index is 855. The maximum absolute atomic E-state index is 10.9. The maximum Gasteiger partial charge on any atom is 0.187 e. The van der Waals surface area contributed by atoms with E-state index >= 15 is 0 Å². The summed E-state index contributed by atoms with van der Waals surface area (Å²) < 4.78 is 37.8. The molecule has 4 aliphatic heterocycles. The van der Waals surface area contributed by atoms with Crippen LogP contribution in [0.3, 0.4) is 0 Å². The largest absolute Gasteiger partial charge is 0.394 e. The van der Waals surface area contributed by atoms with E-state index in [0.29, 0.717) is 0 Å². The fourth-order valence-corrected chi connectivity index (χ4v) is 5.08. The van der Waals surface area contributed by atoms with E-state index < -0.39 is 130 Å². The van der Waals surface area contributed by atoms with Crippen LogP contribution in [0.4, 0.5) is 0 Å². The van der Waals surface area contributed by atoms with Gasteiger partial charge in [0, 0.05) is 0 Å². The van der Waals surface area contributed by atoms with E-state index in [2.05, 4.69) is 0 Å². The van der Waals surface area contributed by atoms with Crippen LogP contribution < -0.4 is 0 Å². The van der Waals surface area contributed by atoms with Crippen LogP contribution >= 0.6 is 0 Å². The molecule has 42 heavy (non-hydrogen) atoms. The molecule has 0 saturated carbocycles. The van der Waals surface area contributed by atoms with Crippen molar-refractivity contribution in [3.05, 3.63) is 0 Å². The fraction of sp³-hybridized carbons (Fsp3) is 1.00. The van der Waals surface area contributed by atoms with Crippen molar-refractivity contribution in [3.8, 4) is 0 Å². The Labute approximate surface area is 238 Å². The molecule has 0 spiro atoms. The smallest absolute Gasteiger partial charge is 0.187 e. The lowest BCUT2D eigenvalue weighted by Crippen LogP contribution is -2.66. The summed E-state index contributed by atoms with van der Waals surface area (Å²) in [5.74, 6) is 0. The maximum atomic E-state index is 10.9. The molecule has 4 saturated heterocycles. The van der Waals surface area contributed by atoms with Gasteiger partial charge < -0.3 is 94.4 Å². The van der Waals surface area contributed by atoms with Gasteiger partial charge in [0.2, 0.25) is 0 Å². The highest BCUT2D eigenvalue weighted by Crippen LogP contribution is 2.33. The Balaban J connectivity index is 1.48. The molecule has 4 rings (SSSR count). The monoisotopic (exact) mass is 620 g/mol. The van der Waals surface area contributed by atoms with Crippen LogP contribution in [0.25, 0.3) is 0 Å². The van der Waals surface area contributed by atoms with Crippen molar-refractivity contribution < 1.29 is 94.4 Å². The zero-order valence-electron chi connectivity index (χ0n) is 22.3. The number of hydrogen-bond donors (Lipinski definition) is 12. The molecule has 19 nitrogen and oxygen atoms in total. The molecule has 0 aromatic carbocycles. The summed E-state index contributed by atoms with van der Waals surface area (Å²) in [5, 5.41) is 122. The summed E-state index contributed by atoms with van der Waals surface area (Å²) in [6.45, 7) is -0.426. The molecule has 0 radical (unpaired) electrons. The standard InChI is InChI=1S/C23H40O19/c1-5-9(26)13(30)16(33)22(38-5)42-19-18(12(29)7(2-24)39-20(19)35)41-23-17(34)14(31)11(28)8(40-23)4-37-21-15(32)10(27)6(25)3-36-21/h5-35H,2-4H2,1H3/t5-,6+,7+,8+,9-,10-,11+,12+,13+,14-,15+,16+,17+,18-,19+,20?,21-,22-,23-/m0/s1. The summed E-state index contributed by atoms with van der Waals surface area (Å²) in [7, 11) is 0. The first kappa shape index (κ1) is 34.1. The molecule has 12 N–H and O–H groups in total. The van der Waals surface area contributed by atoms with E-state index in [9.17, 15) is 61.3 Å². The van der Waals surface area contributed by atoms with Crippen LogP contribution in [0.15, 0.2) is 0 Å². The highest BCUT2D eigenvalue weighted by Gasteiger charge is 2.54. The Kier molecular flexibility index (Phi) is 11.5. The summed E-state index contributed by atoms with van der Waals surface area (Å²) in [6.07, 6.45) is -31.5. The average Bonchev–Trinajstić information content (AvgIpc) is 2.96. The third kappa shape index (κ3) is 6.89. The molecule has 0 aromatic heterocycles. The lowest BCUT2D eigenvalue weighted by Gasteiger charge is -2.48. The zero-order chi connectivity index (χ0) is 31.0. The van der Waals surface area contributed by atoms with E-state index in [1.807, 2.05) is 0 Å². The Morgan fingerprint density at radius 3 is 1.79 bits per heavy atom. The van der Waals surface area contributed by atoms with Crippen molar-refractivity contribution in [3.63, 3.8) is 0 Å². The predicted octanol–water partition coefficient (Wildman–Crippen LogP) is -8.08. The van der Waals surface area contributed by atoms with Crippen molar-refractivity contribution >= 4 is 0 Å². The third-order valence-corrected chi connectivity index (χ3v) is 7.75. The average molecular weight is 621 g/mol. The Morgan fingerprint density at radius 1 is 0.571 bits per heavy atom. The molecule has 0 aromatic rings. The molecule has 19 heteroatoms. The molecular formula is C23H40O19. The minimum absolute atomic E-state index is 0.379. The van der Waals surface area contributed by atoms with Crippen molar-refractivity contribution in [1.29, 1.82) is 0 Å². The van der Waals surface area contributed by atoms with Crippen LogP contribution in [-0.4, -0.2) is 198 Å². The first-order valence-electron chi connectivity index (χ1n) is 13.4. The van der Waals surface area contributed by atoms with Crippen molar-refractivity contribution in [1.82, 2.24) is 0 Å². The van der Waals surface area contributed by atoms with Crippen LogP contribution in [-0.2, 0) is 33.2 Å². The molecule has 19 atom stereocenters. The number of hydrogen-bond acceptors (Lipinski definition) is 19. The van der Waals surface area contributed by atoms with Gasteiger partial charge >= 0.3 is 0 Å². The van der Waals surface area contributed by atoms with Gasteiger partial charge in [-0.15, -0.1) is 0 Å². The molecule has 246 valence electrons. The van der Waals surface area contributed by atoms with Gasteiger partial charge in [-0.05, 0) is 6.92 Å². The second kappa shape index (κ2) is 14.1. The minimum atomic E-state index is -1.96. The molecule has 4 heterocycles. The summed E-state index contributed by atoms with van der Waals surface area (Å²) in [5.41, 5.74) is 0.